The van der Waals surface area contributed by atoms with Crippen molar-refractivity contribution in [3.8, 4) is 17.0 Å². The van der Waals surface area contributed by atoms with Gasteiger partial charge in [0, 0.05) is 16.6 Å². The fourth-order valence-electron chi connectivity index (χ4n) is 3.06. The lowest BCUT2D eigenvalue weighted by Gasteiger charge is -2.18. The average Bonchev–Trinajstić information content (AvgIpc) is 3.27. The number of carbonyl (C=O) groups excluding carboxylic acids is 1. The first-order valence-electron chi connectivity index (χ1n) is 8.31. The topological polar surface area (TPSA) is 66.3 Å². The highest BCUT2D eigenvalue weighted by Crippen LogP contribution is 2.34. The van der Waals surface area contributed by atoms with Crippen LogP contribution in [-0.2, 0) is 4.79 Å². The molecule has 1 aromatic heterocycles. The predicted octanol–water partition coefficient (Wildman–Crippen LogP) is 4.11. The normalized spacial score (nSPS) is 16.8. The molecule has 1 unspecified atom stereocenters. The maximum atomic E-state index is 13.1. The van der Waals surface area contributed by atoms with Crippen LogP contribution >= 0.6 is 11.3 Å². The molecule has 4 rings (SSSR count). The number of hydrogen-bond acceptors (Lipinski definition) is 5. The lowest BCUT2D eigenvalue weighted by Crippen LogP contribution is -2.25. The van der Waals surface area contributed by atoms with E-state index in [1.54, 1.807) is 36.3 Å². The van der Waals surface area contributed by atoms with Crippen LogP contribution in [-0.4, -0.2) is 30.3 Å². The molecular formula is C20H16FN3O2S. The first kappa shape index (κ1) is 17.4. The predicted molar refractivity (Wildman–Crippen MR) is 103 cm³/mol. The van der Waals surface area contributed by atoms with Crippen molar-refractivity contribution in [2.24, 2.45) is 0 Å². The van der Waals surface area contributed by atoms with E-state index in [9.17, 15) is 9.18 Å². The minimum atomic E-state index is -0.675. The molecule has 2 aromatic carbocycles. The minimum absolute atomic E-state index is 0.0594. The summed E-state index contributed by atoms with van der Waals surface area (Å²) in [5.41, 5.74) is 2.23. The van der Waals surface area contributed by atoms with Crippen molar-refractivity contribution in [2.75, 3.05) is 18.6 Å². The van der Waals surface area contributed by atoms with E-state index in [2.05, 4.69) is 4.98 Å². The molecule has 1 atom stereocenters. The Labute approximate surface area is 159 Å². The molecule has 2 heterocycles. The zero-order valence-corrected chi connectivity index (χ0v) is 15.3. The first-order valence-corrected chi connectivity index (χ1v) is 9.19. The van der Waals surface area contributed by atoms with Gasteiger partial charge in [0.05, 0.1) is 19.3 Å². The SMILES string of the molecule is COc1ccc(N2CC(=O)C(c3nc(-c4ccc(F)cc4)cs3)C2=N)cc1. The molecule has 3 aromatic rings. The van der Waals surface area contributed by atoms with E-state index in [4.69, 9.17) is 10.1 Å². The molecule has 1 fully saturated rings. The van der Waals surface area contributed by atoms with Gasteiger partial charge in [-0.3, -0.25) is 10.2 Å². The summed E-state index contributed by atoms with van der Waals surface area (Å²) in [4.78, 5) is 18.8. The van der Waals surface area contributed by atoms with Gasteiger partial charge in [-0.25, -0.2) is 9.37 Å². The summed E-state index contributed by atoms with van der Waals surface area (Å²) in [5.74, 6) is -0.111. The van der Waals surface area contributed by atoms with E-state index in [-0.39, 0.29) is 24.0 Å². The van der Waals surface area contributed by atoms with Gasteiger partial charge in [-0.1, -0.05) is 0 Å². The van der Waals surface area contributed by atoms with Crippen molar-refractivity contribution in [3.05, 3.63) is 64.7 Å². The van der Waals surface area contributed by atoms with Crippen molar-refractivity contribution >= 4 is 28.6 Å². The van der Waals surface area contributed by atoms with E-state index in [0.29, 0.717) is 10.7 Å². The summed E-state index contributed by atoms with van der Waals surface area (Å²) in [6, 6.07) is 13.3. The molecular weight excluding hydrogens is 365 g/mol. The number of amidine groups is 1. The van der Waals surface area contributed by atoms with Gasteiger partial charge in [0.1, 0.15) is 28.3 Å². The van der Waals surface area contributed by atoms with Crippen molar-refractivity contribution < 1.29 is 13.9 Å². The van der Waals surface area contributed by atoms with Crippen molar-refractivity contribution in [2.45, 2.75) is 5.92 Å². The summed E-state index contributed by atoms with van der Waals surface area (Å²) in [6.45, 7) is 0.140. The van der Waals surface area contributed by atoms with Gasteiger partial charge in [-0.2, -0.15) is 0 Å². The molecule has 0 radical (unpaired) electrons. The largest absolute Gasteiger partial charge is 0.497 e. The van der Waals surface area contributed by atoms with Crippen LogP contribution in [0.15, 0.2) is 53.9 Å². The summed E-state index contributed by atoms with van der Waals surface area (Å²) >= 11 is 1.34. The smallest absolute Gasteiger partial charge is 0.170 e. The van der Waals surface area contributed by atoms with E-state index in [0.717, 1.165) is 17.0 Å². The van der Waals surface area contributed by atoms with Gasteiger partial charge in [-0.15, -0.1) is 11.3 Å². The maximum absolute atomic E-state index is 13.1. The Hall–Kier alpha value is -3.06. The molecule has 1 aliphatic rings. The molecule has 0 bridgehead atoms. The van der Waals surface area contributed by atoms with Crippen LogP contribution in [0.1, 0.15) is 10.9 Å². The molecule has 0 aliphatic carbocycles. The molecule has 27 heavy (non-hydrogen) atoms. The lowest BCUT2D eigenvalue weighted by molar-refractivity contribution is -0.116. The highest BCUT2D eigenvalue weighted by Gasteiger charge is 2.39. The van der Waals surface area contributed by atoms with E-state index >= 15 is 0 Å². The average molecular weight is 381 g/mol. The fourth-order valence-corrected chi connectivity index (χ4v) is 4.01. The highest BCUT2D eigenvalue weighted by molar-refractivity contribution is 7.10. The molecule has 0 saturated carbocycles. The van der Waals surface area contributed by atoms with Gasteiger partial charge in [-0.05, 0) is 48.5 Å². The van der Waals surface area contributed by atoms with Crippen LogP contribution in [0.4, 0.5) is 10.1 Å². The zero-order chi connectivity index (χ0) is 19.0. The number of thiazole rings is 1. The van der Waals surface area contributed by atoms with Crippen LogP contribution in [0.25, 0.3) is 11.3 Å². The molecule has 5 nitrogen and oxygen atoms in total. The van der Waals surface area contributed by atoms with Crippen molar-refractivity contribution in [1.29, 1.82) is 5.41 Å². The number of ketones is 1. The molecule has 136 valence electrons. The van der Waals surface area contributed by atoms with Gasteiger partial charge in [0.25, 0.3) is 0 Å². The van der Waals surface area contributed by atoms with Gasteiger partial charge in [0.2, 0.25) is 0 Å². The second kappa shape index (κ2) is 6.92. The third-order valence-electron chi connectivity index (χ3n) is 4.49. The minimum Gasteiger partial charge on any atom is -0.497 e. The Morgan fingerprint density at radius 2 is 1.89 bits per heavy atom. The molecule has 1 saturated heterocycles. The number of ether oxygens (including phenoxy) is 1. The second-order valence-corrected chi connectivity index (χ2v) is 7.04. The number of benzene rings is 2. The Kier molecular flexibility index (Phi) is 4.45. The molecule has 7 heteroatoms. The highest BCUT2D eigenvalue weighted by atomic mass is 32.1. The quantitative estimate of drug-likeness (QED) is 0.739. The summed E-state index contributed by atoms with van der Waals surface area (Å²) < 4.78 is 18.3. The van der Waals surface area contributed by atoms with Crippen LogP contribution in [0.3, 0.4) is 0 Å². The van der Waals surface area contributed by atoms with Crippen LogP contribution in [0.2, 0.25) is 0 Å². The van der Waals surface area contributed by atoms with Gasteiger partial charge in [0.15, 0.2) is 5.78 Å². The first-order chi connectivity index (χ1) is 13.1. The van der Waals surface area contributed by atoms with Crippen molar-refractivity contribution in [3.63, 3.8) is 0 Å². The summed E-state index contributed by atoms with van der Waals surface area (Å²) in [5, 5.41) is 10.9. The third-order valence-corrected chi connectivity index (χ3v) is 5.40. The van der Waals surface area contributed by atoms with E-state index in [1.807, 2.05) is 17.5 Å². The number of aromatic nitrogens is 1. The van der Waals surface area contributed by atoms with E-state index < -0.39 is 5.92 Å². The standard InChI is InChI=1S/C20H16FN3O2S/c1-26-15-8-6-14(7-9-15)24-10-17(25)18(19(24)22)20-23-16(11-27-20)12-2-4-13(21)5-3-12/h2-9,11,18,22H,10H2,1H3. The van der Waals surface area contributed by atoms with Crippen LogP contribution in [0, 0.1) is 11.2 Å². The summed E-state index contributed by atoms with van der Waals surface area (Å²) in [6.07, 6.45) is 0. The number of rotatable bonds is 4. The number of methoxy groups -OCH3 is 1. The number of anilines is 1. The lowest BCUT2D eigenvalue weighted by atomic mass is 10.1. The number of Topliss-reactive ketones (excluding diaryl/α,β-unsaturated/α-hetero) is 1. The molecule has 1 aliphatic heterocycles. The molecule has 0 amide bonds. The maximum Gasteiger partial charge on any atom is 0.170 e. The Morgan fingerprint density at radius 1 is 1.19 bits per heavy atom. The van der Waals surface area contributed by atoms with E-state index in [1.165, 1.54) is 23.5 Å². The number of nitrogens with zero attached hydrogens (tertiary/aromatic N) is 2. The van der Waals surface area contributed by atoms with Crippen LogP contribution in [0.5, 0.6) is 5.75 Å². The number of nitrogens with one attached hydrogen (secondary N) is 1. The number of halogens is 1. The Morgan fingerprint density at radius 3 is 2.56 bits per heavy atom. The Balaban J connectivity index is 1.59. The number of hydrogen-bond donors (Lipinski definition) is 1. The zero-order valence-electron chi connectivity index (χ0n) is 14.5. The monoisotopic (exact) mass is 381 g/mol. The summed E-state index contributed by atoms with van der Waals surface area (Å²) in [7, 11) is 1.59. The third kappa shape index (κ3) is 3.21. The van der Waals surface area contributed by atoms with Crippen molar-refractivity contribution in [1.82, 2.24) is 4.98 Å². The van der Waals surface area contributed by atoms with Crippen LogP contribution < -0.4 is 9.64 Å². The number of carbonyl (C=O) groups is 1. The molecule has 1 N–H and O–H groups in total. The fraction of sp³-hybridized carbons (Fsp3) is 0.150. The molecule has 0 spiro atoms. The van der Waals surface area contributed by atoms with Gasteiger partial charge < -0.3 is 9.64 Å². The Bertz CT molecular complexity index is 999. The second-order valence-electron chi connectivity index (χ2n) is 6.15. The van der Waals surface area contributed by atoms with Gasteiger partial charge >= 0.3 is 0 Å².